The Morgan fingerprint density at radius 1 is 0.321 bits per heavy atom. The highest BCUT2D eigenvalue weighted by atomic mass is 16.6. The third-order valence-corrected chi connectivity index (χ3v) is 13.6. The molecule has 0 heterocycles. The van der Waals surface area contributed by atoms with Gasteiger partial charge in [0.1, 0.15) is 34.5 Å². The molecule has 0 fully saturated rings. The first-order valence-corrected chi connectivity index (χ1v) is 27.0. The standard InChI is InChI=1S/C70H54O14/c1-3-63(71)79-39-11-9-37-77-55-29-21-47(22-30-55)67(73)81-57-33-25-49-41-53(19-17-51(49)43-57)69(75)83-61-35-27-45-13-5-7-15-59(45)65(61)66-60-16-8-6-14-46(60)28-36-62(66)84-70(76)54-20-18-52-44-58(34-26-50(52)42-54)82-68(74)48-23-31-56(32-24-48)78-38-10-12-40-80-64(72)4-2/h3-8,13-36,41-44H,1-2,9-12,37-40H2. The van der Waals surface area contributed by atoms with E-state index in [1.54, 1.807) is 133 Å². The summed E-state index contributed by atoms with van der Waals surface area (Å²) < 4.78 is 45.6. The Balaban J connectivity index is 0.820. The van der Waals surface area contributed by atoms with Crippen LogP contribution in [0.25, 0.3) is 54.2 Å². The van der Waals surface area contributed by atoms with Gasteiger partial charge in [0.05, 0.1) is 48.7 Å². The third-order valence-electron chi connectivity index (χ3n) is 13.6. The molecule has 0 N–H and O–H groups in total. The van der Waals surface area contributed by atoms with Gasteiger partial charge in [0.15, 0.2) is 0 Å². The highest BCUT2D eigenvalue weighted by molar-refractivity contribution is 6.12. The summed E-state index contributed by atoms with van der Waals surface area (Å²) in [4.78, 5) is 77.3. The van der Waals surface area contributed by atoms with Crippen LogP contribution in [0.5, 0.6) is 34.5 Å². The average molecular weight is 1120 g/mol. The van der Waals surface area contributed by atoms with E-state index in [0.717, 1.165) is 33.7 Å². The van der Waals surface area contributed by atoms with Crippen molar-refractivity contribution >= 4 is 78.9 Å². The summed E-state index contributed by atoms with van der Waals surface area (Å²) in [5.74, 6) is -1.06. The molecule has 14 heteroatoms. The van der Waals surface area contributed by atoms with Gasteiger partial charge < -0.3 is 37.9 Å². The largest absolute Gasteiger partial charge is 0.494 e. The molecule has 0 spiro atoms. The van der Waals surface area contributed by atoms with E-state index in [2.05, 4.69) is 13.2 Å². The second kappa shape index (κ2) is 26.6. The molecule has 0 aliphatic carbocycles. The minimum Gasteiger partial charge on any atom is -0.494 e. The van der Waals surface area contributed by atoms with Crippen molar-refractivity contribution in [2.45, 2.75) is 25.7 Å². The molecule has 10 rings (SSSR count). The van der Waals surface area contributed by atoms with Crippen molar-refractivity contribution in [1.82, 2.24) is 0 Å². The Morgan fingerprint density at radius 2 is 0.655 bits per heavy atom. The van der Waals surface area contributed by atoms with Gasteiger partial charge in [-0.15, -0.1) is 0 Å². The summed E-state index contributed by atoms with van der Waals surface area (Å²) in [6, 6.07) is 56.2. The Morgan fingerprint density at radius 3 is 1.07 bits per heavy atom. The first-order chi connectivity index (χ1) is 41.0. The normalized spacial score (nSPS) is 10.9. The van der Waals surface area contributed by atoms with Gasteiger partial charge in [-0.05, 0) is 178 Å². The van der Waals surface area contributed by atoms with Gasteiger partial charge in [-0.25, -0.2) is 28.8 Å². The summed E-state index contributed by atoms with van der Waals surface area (Å²) in [7, 11) is 0. The van der Waals surface area contributed by atoms with Gasteiger partial charge in [-0.2, -0.15) is 0 Å². The Kier molecular flexibility index (Phi) is 17.9. The predicted molar refractivity (Wildman–Crippen MR) is 319 cm³/mol. The molecule has 10 aromatic carbocycles. The Hall–Kier alpha value is -10.9. The molecule has 0 bridgehead atoms. The number of rotatable bonds is 23. The van der Waals surface area contributed by atoms with Gasteiger partial charge in [-0.3, -0.25) is 0 Å². The smallest absolute Gasteiger partial charge is 0.343 e. The lowest BCUT2D eigenvalue weighted by Gasteiger charge is -2.19. The molecule has 0 amide bonds. The number of esters is 6. The van der Waals surface area contributed by atoms with E-state index in [-0.39, 0.29) is 35.8 Å². The van der Waals surface area contributed by atoms with Crippen molar-refractivity contribution in [3.8, 4) is 45.6 Å². The van der Waals surface area contributed by atoms with Crippen molar-refractivity contribution in [2.24, 2.45) is 0 Å². The zero-order valence-corrected chi connectivity index (χ0v) is 45.4. The van der Waals surface area contributed by atoms with Crippen LogP contribution in [0.3, 0.4) is 0 Å². The number of hydrogen-bond donors (Lipinski definition) is 0. The number of benzene rings is 10. The molecule has 10 aromatic rings. The van der Waals surface area contributed by atoms with Crippen LogP contribution >= 0.6 is 0 Å². The fourth-order valence-electron chi connectivity index (χ4n) is 9.29. The highest BCUT2D eigenvalue weighted by Crippen LogP contribution is 2.46. The molecular weight excluding hydrogens is 1060 g/mol. The van der Waals surface area contributed by atoms with Gasteiger partial charge in [0, 0.05) is 23.3 Å². The van der Waals surface area contributed by atoms with E-state index in [1.165, 1.54) is 0 Å². The fourth-order valence-corrected chi connectivity index (χ4v) is 9.29. The van der Waals surface area contributed by atoms with Gasteiger partial charge >= 0.3 is 35.8 Å². The second-order valence-electron chi connectivity index (χ2n) is 19.2. The zero-order valence-electron chi connectivity index (χ0n) is 45.4. The minimum absolute atomic E-state index is 0.236. The van der Waals surface area contributed by atoms with E-state index in [9.17, 15) is 28.8 Å². The number of carbonyl (C=O) groups is 6. The number of hydrogen-bond acceptors (Lipinski definition) is 14. The minimum atomic E-state index is -0.631. The van der Waals surface area contributed by atoms with E-state index in [4.69, 9.17) is 37.9 Å². The van der Waals surface area contributed by atoms with Crippen LogP contribution in [0, 0.1) is 0 Å². The maximum absolute atomic E-state index is 14.3. The number of ether oxygens (including phenoxy) is 8. The first-order valence-electron chi connectivity index (χ1n) is 27.0. The van der Waals surface area contributed by atoms with E-state index in [1.807, 2.05) is 60.7 Å². The first kappa shape index (κ1) is 56.4. The number of fused-ring (bicyclic) bond motifs is 4. The van der Waals surface area contributed by atoms with Crippen molar-refractivity contribution in [1.29, 1.82) is 0 Å². The molecule has 84 heavy (non-hydrogen) atoms. The third kappa shape index (κ3) is 13.8. The monoisotopic (exact) mass is 1120 g/mol. The summed E-state index contributed by atoms with van der Waals surface area (Å²) in [5, 5.41) is 6.05. The van der Waals surface area contributed by atoms with Crippen LogP contribution in [0.4, 0.5) is 0 Å². The second-order valence-corrected chi connectivity index (χ2v) is 19.2. The van der Waals surface area contributed by atoms with Crippen LogP contribution in [-0.4, -0.2) is 62.2 Å². The lowest BCUT2D eigenvalue weighted by Crippen LogP contribution is -2.11. The predicted octanol–water partition coefficient (Wildman–Crippen LogP) is 14.6. The maximum atomic E-state index is 14.3. The Labute approximate surface area is 483 Å². The van der Waals surface area contributed by atoms with E-state index < -0.39 is 35.8 Å². The van der Waals surface area contributed by atoms with Crippen LogP contribution < -0.4 is 28.4 Å². The lowest BCUT2D eigenvalue weighted by molar-refractivity contribution is -0.138. The molecule has 0 atom stereocenters. The highest BCUT2D eigenvalue weighted by Gasteiger charge is 2.24. The average Bonchev–Trinajstić information content (AvgIpc) is 2.33. The van der Waals surface area contributed by atoms with Gasteiger partial charge in [0.25, 0.3) is 0 Å². The van der Waals surface area contributed by atoms with Crippen LogP contribution in [-0.2, 0) is 19.1 Å². The Bertz CT molecular complexity index is 3880. The maximum Gasteiger partial charge on any atom is 0.343 e. The van der Waals surface area contributed by atoms with Gasteiger partial charge in [-0.1, -0.05) is 98.1 Å². The van der Waals surface area contributed by atoms with Crippen molar-refractivity contribution < 1.29 is 66.7 Å². The molecule has 14 nitrogen and oxygen atoms in total. The number of carbonyl (C=O) groups excluding carboxylic acids is 6. The molecule has 418 valence electrons. The lowest BCUT2D eigenvalue weighted by atomic mass is 9.92. The van der Waals surface area contributed by atoms with E-state index >= 15 is 0 Å². The van der Waals surface area contributed by atoms with Gasteiger partial charge in [0.2, 0.25) is 0 Å². The van der Waals surface area contributed by atoms with E-state index in [0.29, 0.717) is 106 Å². The van der Waals surface area contributed by atoms with Crippen molar-refractivity contribution in [2.75, 3.05) is 26.4 Å². The van der Waals surface area contributed by atoms with Crippen LogP contribution in [0.2, 0.25) is 0 Å². The van der Waals surface area contributed by atoms with Crippen molar-refractivity contribution in [3.63, 3.8) is 0 Å². The SMILES string of the molecule is C=CC(=O)OCCCCOc1ccc(C(=O)Oc2ccc3cc(C(=O)Oc4ccc5ccccc5c4-c4c(OC(=O)c5ccc6cc(OC(=O)c7ccc(OCCCCOC(=O)C=C)cc7)ccc6c5)ccc5ccccc45)ccc3c2)cc1. The summed E-state index contributed by atoms with van der Waals surface area (Å²) in [6.45, 7) is 8.12. The fraction of sp³-hybridized carbons (Fsp3) is 0.114. The molecule has 0 saturated heterocycles. The summed E-state index contributed by atoms with van der Waals surface area (Å²) >= 11 is 0. The molecule has 0 aliphatic heterocycles. The molecular formula is C70H54O14. The van der Waals surface area contributed by atoms with Crippen molar-refractivity contribution in [3.05, 3.63) is 242 Å². The number of unbranched alkanes of at least 4 members (excludes halogenated alkanes) is 2. The molecule has 0 aromatic heterocycles. The molecule has 0 unspecified atom stereocenters. The quantitative estimate of drug-likeness (QED) is 0.0256. The zero-order chi connectivity index (χ0) is 58.4. The molecule has 0 radical (unpaired) electrons. The van der Waals surface area contributed by atoms with Crippen LogP contribution in [0.15, 0.2) is 219 Å². The van der Waals surface area contributed by atoms with Crippen LogP contribution in [0.1, 0.15) is 67.1 Å². The topological polar surface area (TPSA) is 176 Å². The summed E-state index contributed by atoms with van der Waals surface area (Å²) in [6.07, 6.45) is 4.85. The molecule has 0 saturated carbocycles. The summed E-state index contributed by atoms with van der Waals surface area (Å²) in [5.41, 5.74) is 2.27. The molecule has 0 aliphatic rings.